The Kier molecular flexibility index (Phi) is 3.52. The van der Waals surface area contributed by atoms with Gasteiger partial charge in [-0.1, -0.05) is 19.3 Å². The lowest BCUT2D eigenvalue weighted by molar-refractivity contribution is 0.100. The van der Waals surface area contributed by atoms with Crippen molar-refractivity contribution in [3.05, 3.63) is 23.8 Å². The molecule has 0 bridgehead atoms. The van der Waals surface area contributed by atoms with Crippen LogP contribution in [0.1, 0.15) is 36.0 Å². The van der Waals surface area contributed by atoms with Crippen LogP contribution in [0.5, 0.6) is 5.75 Å². The molecule has 1 aliphatic rings. The summed E-state index contributed by atoms with van der Waals surface area (Å²) in [6, 6.07) is 4.90. The van der Waals surface area contributed by atoms with Crippen LogP contribution in [0.4, 0.5) is 5.69 Å². The Balaban J connectivity index is 1.89. The van der Waals surface area contributed by atoms with Gasteiger partial charge < -0.3 is 16.2 Å². The fourth-order valence-corrected chi connectivity index (χ4v) is 1.95. The summed E-state index contributed by atoms with van der Waals surface area (Å²) in [7, 11) is 0. The van der Waals surface area contributed by atoms with E-state index in [0.29, 0.717) is 23.6 Å². The highest BCUT2D eigenvalue weighted by Crippen LogP contribution is 2.30. The smallest absolute Gasteiger partial charge is 0.248 e. The number of rotatable bonds is 5. The van der Waals surface area contributed by atoms with Crippen LogP contribution in [0.3, 0.4) is 0 Å². The Bertz CT molecular complexity index is 414. The van der Waals surface area contributed by atoms with Crippen molar-refractivity contribution in [2.75, 3.05) is 12.3 Å². The van der Waals surface area contributed by atoms with Gasteiger partial charge in [0, 0.05) is 5.56 Å². The van der Waals surface area contributed by atoms with Gasteiger partial charge in [-0.3, -0.25) is 4.79 Å². The van der Waals surface area contributed by atoms with Crippen LogP contribution < -0.4 is 16.2 Å². The Morgan fingerprint density at radius 1 is 1.41 bits per heavy atom. The van der Waals surface area contributed by atoms with E-state index in [1.165, 1.54) is 19.3 Å². The number of carbonyl (C=O) groups is 1. The largest absolute Gasteiger partial charge is 0.491 e. The number of primary amides is 1. The zero-order valence-electron chi connectivity index (χ0n) is 9.82. The normalized spacial score (nSPS) is 15.3. The minimum absolute atomic E-state index is 0.411. The molecule has 0 atom stereocenters. The van der Waals surface area contributed by atoms with E-state index in [9.17, 15) is 4.79 Å². The summed E-state index contributed by atoms with van der Waals surface area (Å²) in [5, 5.41) is 0. The van der Waals surface area contributed by atoms with Crippen molar-refractivity contribution in [1.29, 1.82) is 0 Å². The van der Waals surface area contributed by atoms with Gasteiger partial charge in [0.05, 0.1) is 12.3 Å². The molecule has 0 aromatic heterocycles. The molecule has 0 unspecified atom stereocenters. The Hall–Kier alpha value is -1.71. The number of nitrogen functional groups attached to an aromatic ring is 1. The van der Waals surface area contributed by atoms with E-state index >= 15 is 0 Å². The molecule has 1 fully saturated rings. The van der Waals surface area contributed by atoms with E-state index in [0.717, 1.165) is 12.3 Å². The Labute approximate surface area is 101 Å². The molecular weight excluding hydrogens is 216 g/mol. The summed E-state index contributed by atoms with van der Waals surface area (Å²) >= 11 is 0. The van der Waals surface area contributed by atoms with Crippen molar-refractivity contribution in [2.24, 2.45) is 11.7 Å². The zero-order valence-corrected chi connectivity index (χ0v) is 9.82. The van der Waals surface area contributed by atoms with Gasteiger partial charge in [-0.05, 0) is 30.5 Å². The summed E-state index contributed by atoms with van der Waals surface area (Å²) < 4.78 is 5.60. The van der Waals surface area contributed by atoms with Crippen molar-refractivity contribution >= 4 is 11.6 Å². The molecule has 17 heavy (non-hydrogen) atoms. The second-order valence-electron chi connectivity index (χ2n) is 4.55. The zero-order chi connectivity index (χ0) is 12.3. The number of carbonyl (C=O) groups excluding carboxylic acids is 1. The quantitative estimate of drug-likeness (QED) is 0.764. The van der Waals surface area contributed by atoms with E-state index in [-0.39, 0.29) is 0 Å². The van der Waals surface area contributed by atoms with Crippen molar-refractivity contribution in [1.82, 2.24) is 0 Å². The van der Waals surface area contributed by atoms with E-state index < -0.39 is 5.91 Å². The van der Waals surface area contributed by atoms with E-state index in [1.807, 2.05) is 0 Å². The topological polar surface area (TPSA) is 78.3 Å². The SMILES string of the molecule is NC(=O)c1ccc(OCCC2CCC2)c(N)c1. The monoisotopic (exact) mass is 234 g/mol. The van der Waals surface area contributed by atoms with Crippen molar-refractivity contribution in [2.45, 2.75) is 25.7 Å². The van der Waals surface area contributed by atoms with Gasteiger partial charge in [0.1, 0.15) is 5.75 Å². The lowest BCUT2D eigenvalue weighted by atomic mass is 9.83. The third-order valence-electron chi connectivity index (χ3n) is 3.30. The third kappa shape index (κ3) is 2.90. The number of nitrogens with two attached hydrogens (primary N) is 2. The molecule has 4 nitrogen and oxygen atoms in total. The predicted octanol–water partition coefficient (Wildman–Crippen LogP) is 1.94. The predicted molar refractivity (Wildman–Crippen MR) is 66.8 cm³/mol. The summed E-state index contributed by atoms with van der Waals surface area (Å²) in [6.45, 7) is 0.685. The highest BCUT2D eigenvalue weighted by atomic mass is 16.5. The molecule has 4 heteroatoms. The van der Waals surface area contributed by atoms with Crippen molar-refractivity contribution in [3.63, 3.8) is 0 Å². The summed E-state index contributed by atoms with van der Waals surface area (Å²) in [5.41, 5.74) is 11.8. The molecule has 0 spiro atoms. The Morgan fingerprint density at radius 3 is 2.71 bits per heavy atom. The van der Waals surface area contributed by atoms with Gasteiger partial charge in [-0.25, -0.2) is 0 Å². The second-order valence-corrected chi connectivity index (χ2v) is 4.55. The molecule has 1 aromatic rings. The summed E-state index contributed by atoms with van der Waals surface area (Å²) in [6.07, 6.45) is 5.07. The number of benzene rings is 1. The third-order valence-corrected chi connectivity index (χ3v) is 3.30. The van der Waals surface area contributed by atoms with Gasteiger partial charge in [0.15, 0.2) is 0 Å². The van der Waals surface area contributed by atoms with Gasteiger partial charge in [-0.15, -0.1) is 0 Å². The fourth-order valence-electron chi connectivity index (χ4n) is 1.95. The van der Waals surface area contributed by atoms with Gasteiger partial charge in [-0.2, -0.15) is 0 Å². The first-order valence-electron chi connectivity index (χ1n) is 5.99. The average Bonchev–Trinajstić information content (AvgIpc) is 2.23. The minimum Gasteiger partial charge on any atom is -0.491 e. The molecule has 1 amide bonds. The van der Waals surface area contributed by atoms with Crippen LogP contribution in [0.25, 0.3) is 0 Å². The molecule has 1 saturated carbocycles. The van der Waals surface area contributed by atoms with Crippen LogP contribution in [-0.2, 0) is 0 Å². The van der Waals surface area contributed by atoms with Crippen LogP contribution >= 0.6 is 0 Å². The molecule has 0 saturated heterocycles. The van der Waals surface area contributed by atoms with Crippen LogP contribution in [0.15, 0.2) is 18.2 Å². The molecule has 0 radical (unpaired) electrons. The highest BCUT2D eigenvalue weighted by Gasteiger charge is 2.17. The van der Waals surface area contributed by atoms with Crippen molar-refractivity contribution in [3.8, 4) is 5.75 Å². The first-order chi connectivity index (χ1) is 8.16. The number of anilines is 1. The maximum atomic E-state index is 10.9. The van der Waals surface area contributed by atoms with Crippen LogP contribution in [0.2, 0.25) is 0 Å². The highest BCUT2D eigenvalue weighted by molar-refractivity contribution is 5.94. The van der Waals surface area contributed by atoms with E-state index in [2.05, 4.69) is 0 Å². The average molecular weight is 234 g/mol. The molecule has 1 aromatic carbocycles. The maximum absolute atomic E-state index is 10.9. The molecule has 2 rings (SSSR count). The first kappa shape index (κ1) is 11.8. The van der Waals surface area contributed by atoms with Crippen molar-refractivity contribution < 1.29 is 9.53 Å². The maximum Gasteiger partial charge on any atom is 0.248 e. The number of ether oxygens (including phenoxy) is 1. The number of hydrogen-bond donors (Lipinski definition) is 2. The molecular formula is C13H18N2O2. The van der Waals surface area contributed by atoms with Gasteiger partial charge >= 0.3 is 0 Å². The van der Waals surface area contributed by atoms with Gasteiger partial charge in [0.2, 0.25) is 5.91 Å². The molecule has 4 N–H and O–H groups in total. The van der Waals surface area contributed by atoms with Crippen LogP contribution in [-0.4, -0.2) is 12.5 Å². The lowest BCUT2D eigenvalue weighted by Gasteiger charge is -2.25. The first-order valence-corrected chi connectivity index (χ1v) is 5.99. The van der Waals surface area contributed by atoms with E-state index in [1.54, 1.807) is 18.2 Å². The molecule has 1 aliphatic carbocycles. The summed E-state index contributed by atoms with van der Waals surface area (Å²) in [4.78, 5) is 10.9. The minimum atomic E-state index is -0.474. The second kappa shape index (κ2) is 5.08. The van der Waals surface area contributed by atoms with Crippen LogP contribution in [0, 0.1) is 5.92 Å². The summed E-state index contributed by atoms with van der Waals surface area (Å²) in [5.74, 6) is 0.980. The number of hydrogen-bond acceptors (Lipinski definition) is 3. The fraction of sp³-hybridized carbons (Fsp3) is 0.462. The molecule has 92 valence electrons. The van der Waals surface area contributed by atoms with E-state index in [4.69, 9.17) is 16.2 Å². The standard InChI is InChI=1S/C13H18N2O2/c14-11-8-10(13(15)16)4-5-12(11)17-7-6-9-2-1-3-9/h4-5,8-9H,1-3,6-7,14H2,(H2,15,16). The Morgan fingerprint density at radius 2 is 2.18 bits per heavy atom. The molecule has 0 aliphatic heterocycles. The lowest BCUT2D eigenvalue weighted by Crippen LogP contribution is -2.15. The van der Waals surface area contributed by atoms with Gasteiger partial charge in [0.25, 0.3) is 0 Å². The number of amides is 1. The molecule has 0 heterocycles.